The lowest BCUT2D eigenvalue weighted by Crippen LogP contribution is -2.45. The lowest BCUT2D eigenvalue weighted by atomic mass is 10.1. The maximum absolute atomic E-state index is 12.2. The number of hydrogen-bond donors (Lipinski definition) is 3. The third kappa shape index (κ3) is 4.33. The molecule has 0 saturated heterocycles. The van der Waals surface area contributed by atoms with Gasteiger partial charge in [-0.15, -0.1) is 0 Å². The minimum absolute atomic E-state index is 0.133. The van der Waals surface area contributed by atoms with Gasteiger partial charge in [-0.05, 0) is 45.0 Å². The minimum Gasteiger partial charge on any atom is -0.382 e. The van der Waals surface area contributed by atoms with E-state index in [9.17, 15) is 9.90 Å². The minimum atomic E-state index is -1.50. The van der Waals surface area contributed by atoms with Gasteiger partial charge in [-0.1, -0.05) is 35.4 Å². The number of carbonyl (C=O) groups is 1. The van der Waals surface area contributed by atoms with Gasteiger partial charge < -0.3 is 15.7 Å². The van der Waals surface area contributed by atoms with Crippen LogP contribution >= 0.6 is 0 Å². The second-order valence-electron chi connectivity index (χ2n) is 5.81. The van der Waals surface area contributed by atoms with Gasteiger partial charge in [0.05, 0.1) is 6.54 Å². The number of hydrogen-bond acceptors (Lipinski definition) is 3. The van der Waals surface area contributed by atoms with E-state index in [1.54, 1.807) is 0 Å². The van der Waals surface area contributed by atoms with Gasteiger partial charge in [0.15, 0.2) is 5.60 Å². The molecule has 1 amide bonds. The molecule has 0 aromatic heterocycles. The predicted molar refractivity (Wildman–Crippen MR) is 90.1 cm³/mol. The number of aliphatic hydroxyl groups is 1. The Labute approximate surface area is 131 Å². The Morgan fingerprint density at radius 1 is 0.955 bits per heavy atom. The van der Waals surface area contributed by atoms with Crippen molar-refractivity contribution in [3.05, 3.63) is 59.7 Å². The zero-order chi connectivity index (χ0) is 16.2. The zero-order valence-corrected chi connectivity index (χ0v) is 13.2. The molecule has 22 heavy (non-hydrogen) atoms. The molecule has 0 aliphatic heterocycles. The molecule has 0 saturated carbocycles. The standard InChI is InChI=1S/C18H22N2O2/c1-13-4-8-15(9-5-13)19-12-18(3,22)17(21)20-16-10-6-14(2)7-11-16/h4-11,19,22H,12H2,1-3H3,(H,20,21). The predicted octanol–water partition coefficient (Wildman–Crippen LogP) is 3.11. The summed E-state index contributed by atoms with van der Waals surface area (Å²) in [5.74, 6) is -0.434. The Bertz CT molecular complexity index is 631. The van der Waals surface area contributed by atoms with E-state index in [1.165, 1.54) is 6.92 Å². The summed E-state index contributed by atoms with van der Waals surface area (Å²) in [5.41, 5.74) is 2.32. The molecule has 0 heterocycles. The first-order valence-corrected chi connectivity index (χ1v) is 7.28. The highest BCUT2D eigenvalue weighted by Crippen LogP contribution is 2.14. The van der Waals surface area contributed by atoms with Crippen LogP contribution in [0.2, 0.25) is 0 Å². The average Bonchev–Trinajstić information content (AvgIpc) is 2.49. The second kappa shape index (κ2) is 6.62. The van der Waals surface area contributed by atoms with Crippen molar-refractivity contribution in [3.8, 4) is 0 Å². The van der Waals surface area contributed by atoms with E-state index in [0.717, 1.165) is 16.8 Å². The number of amides is 1. The van der Waals surface area contributed by atoms with Gasteiger partial charge >= 0.3 is 0 Å². The van der Waals surface area contributed by atoms with E-state index in [0.29, 0.717) is 5.69 Å². The van der Waals surface area contributed by atoms with E-state index in [1.807, 2.05) is 62.4 Å². The van der Waals surface area contributed by atoms with E-state index < -0.39 is 11.5 Å². The van der Waals surface area contributed by atoms with Crippen molar-refractivity contribution in [1.29, 1.82) is 0 Å². The monoisotopic (exact) mass is 298 g/mol. The van der Waals surface area contributed by atoms with Crippen molar-refractivity contribution in [2.24, 2.45) is 0 Å². The maximum Gasteiger partial charge on any atom is 0.257 e. The summed E-state index contributed by atoms with van der Waals surface area (Å²) >= 11 is 0. The highest BCUT2D eigenvalue weighted by molar-refractivity contribution is 5.97. The largest absolute Gasteiger partial charge is 0.382 e. The fourth-order valence-corrected chi connectivity index (χ4v) is 1.93. The Kier molecular flexibility index (Phi) is 4.83. The van der Waals surface area contributed by atoms with Gasteiger partial charge in [0.1, 0.15) is 0 Å². The molecule has 0 aliphatic carbocycles. The number of nitrogens with one attached hydrogen (secondary N) is 2. The quantitative estimate of drug-likeness (QED) is 0.795. The number of benzene rings is 2. The van der Waals surface area contributed by atoms with Gasteiger partial charge in [0.2, 0.25) is 0 Å². The van der Waals surface area contributed by atoms with Crippen LogP contribution in [-0.2, 0) is 4.79 Å². The fraction of sp³-hybridized carbons (Fsp3) is 0.278. The summed E-state index contributed by atoms with van der Waals surface area (Å²) in [4.78, 5) is 12.2. The van der Waals surface area contributed by atoms with Gasteiger partial charge in [0, 0.05) is 11.4 Å². The first-order chi connectivity index (χ1) is 10.4. The molecule has 3 N–H and O–H groups in total. The van der Waals surface area contributed by atoms with Gasteiger partial charge in [0.25, 0.3) is 5.91 Å². The highest BCUT2D eigenvalue weighted by Gasteiger charge is 2.30. The van der Waals surface area contributed by atoms with E-state index in [4.69, 9.17) is 0 Å². The Morgan fingerprint density at radius 2 is 1.41 bits per heavy atom. The molecule has 4 heteroatoms. The normalized spacial score (nSPS) is 13.3. The van der Waals surface area contributed by atoms with E-state index in [-0.39, 0.29) is 6.54 Å². The maximum atomic E-state index is 12.2. The first-order valence-electron chi connectivity index (χ1n) is 7.28. The molecule has 1 unspecified atom stereocenters. The molecule has 2 aromatic rings. The number of anilines is 2. The molecule has 2 aromatic carbocycles. The van der Waals surface area contributed by atoms with Gasteiger partial charge in [-0.3, -0.25) is 4.79 Å². The van der Waals surface area contributed by atoms with Gasteiger partial charge in [-0.2, -0.15) is 0 Å². The molecule has 2 rings (SSSR count). The van der Waals surface area contributed by atoms with Crippen LogP contribution in [0.15, 0.2) is 48.5 Å². The molecule has 0 spiro atoms. The highest BCUT2D eigenvalue weighted by atomic mass is 16.3. The summed E-state index contributed by atoms with van der Waals surface area (Å²) in [6, 6.07) is 15.2. The SMILES string of the molecule is Cc1ccc(NCC(C)(O)C(=O)Nc2ccc(C)cc2)cc1. The number of aryl methyl sites for hydroxylation is 2. The molecule has 0 aliphatic rings. The Hall–Kier alpha value is -2.33. The van der Waals surface area contributed by atoms with Crippen LogP contribution in [0.3, 0.4) is 0 Å². The van der Waals surface area contributed by atoms with Crippen LogP contribution in [0.25, 0.3) is 0 Å². The third-order valence-electron chi connectivity index (χ3n) is 3.49. The number of carbonyl (C=O) groups excluding carboxylic acids is 1. The molecule has 0 bridgehead atoms. The van der Waals surface area contributed by atoms with Crippen molar-refractivity contribution in [3.63, 3.8) is 0 Å². The molecular weight excluding hydrogens is 276 g/mol. The van der Waals surface area contributed by atoms with Crippen LogP contribution < -0.4 is 10.6 Å². The Balaban J connectivity index is 1.95. The molecular formula is C18H22N2O2. The summed E-state index contributed by atoms with van der Waals surface area (Å²) in [7, 11) is 0. The molecule has 4 nitrogen and oxygen atoms in total. The number of rotatable bonds is 5. The van der Waals surface area contributed by atoms with Crippen molar-refractivity contribution in [1.82, 2.24) is 0 Å². The van der Waals surface area contributed by atoms with Crippen LogP contribution in [-0.4, -0.2) is 23.2 Å². The van der Waals surface area contributed by atoms with Crippen LogP contribution in [0, 0.1) is 13.8 Å². The molecule has 0 radical (unpaired) electrons. The lowest BCUT2D eigenvalue weighted by molar-refractivity contribution is -0.131. The molecule has 0 fully saturated rings. The summed E-state index contributed by atoms with van der Waals surface area (Å²) in [5, 5.41) is 16.1. The van der Waals surface area contributed by atoms with Crippen LogP contribution in [0.4, 0.5) is 11.4 Å². The van der Waals surface area contributed by atoms with Crippen LogP contribution in [0.5, 0.6) is 0 Å². The second-order valence-corrected chi connectivity index (χ2v) is 5.81. The smallest absolute Gasteiger partial charge is 0.257 e. The topological polar surface area (TPSA) is 61.4 Å². The summed E-state index contributed by atoms with van der Waals surface area (Å²) in [6.07, 6.45) is 0. The summed E-state index contributed by atoms with van der Waals surface area (Å²) < 4.78 is 0. The van der Waals surface area contributed by atoms with Crippen molar-refractivity contribution in [2.45, 2.75) is 26.4 Å². The molecule has 1 atom stereocenters. The van der Waals surface area contributed by atoms with E-state index in [2.05, 4.69) is 10.6 Å². The third-order valence-corrected chi connectivity index (χ3v) is 3.49. The first kappa shape index (κ1) is 16.0. The fourth-order valence-electron chi connectivity index (χ4n) is 1.93. The zero-order valence-electron chi connectivity index (χ0n) is 13.2. The van der Waals surface area contributed by atoms with E-state index >= 15 is 0 Å². The van der Waals surface area contributed by atoms with Crippen LogP contribution in [0.1, 0.15) is 18.1 Å². The van der Waals surface area contributed by atoms with Gasteiger partial charge in [-0.25, -0.2) is 0 Å². The van der Waals surface area contributed by atoms with Crippen molar-refractivity contribution >= 4 is 17.3 Å². The average molecular weight is 298 g/mol. The molecule has 116 valence electrons. The van der Waals surface area contributed by atoms with Crippen molar-refractivity contribution in [2.75, 3.05) is 17.2 Å². The Morgan fingerprint density at radius 3 is 1.91 bits per heavy atom. The lowest BCUT2D eigenvalue weighted by Gasteiger charge is -2.23. The van der Waals surface area contributed by atoms with Crippen molar-refractivity contribution < 1.29 is 9.90 Å². The summed E-state index contributed by atoms with van der Waals surface area (Å²) in [6.45, 7) is 5.62.